The van der Waals surface area contributed by atoms with Gasteiger partial charge in [0, 0.05) is 42.2 Å². The number of benzene rings is 4. The number of sulfonamides is 1. The Hall–Kier alpha value is -4.62. The Kier molecular flexibility index (Phi) is 13.2. The van der Waals surface area contributed by atoms with E-state index in [1.165, 1.54) is 16.4 Å². The predicted octanol–water partition coefficient (Wildman–Crippen LogP) is 5.11. The van der Waals surface area contributed by atoms with E-state index in [1.54, 1.807) is 19.1 Å². The first kappa shape index (κ1) is 38.6. The van der Waals surface area contributed by atoms with E-state index in [0.717, 1.165) is 16.7 Å². The summed E-state index contributed by atoms with van der Waals surface area (Å²) in [5, 5.41) is 16.5. The number of nitrogens with one attached hydrogen (secondary N) is 2. The molecule has 1 aliphatic rings. The molecule has 0 aliphatic carbocycles. The first-order chi connectivity index (χ1) is 24.9. The van der Waals surface area contributed by atoms with Gasteiger partial charge in [0.15, 0.2) is 0 Å². The SMILES string of the molecule is CCOC(=O)C(Cc1ccccc1)NC(=O)CC(=O)NCCS(=O)(=O)N(c1cccc(O)c1)C1CN(C(c2ccc(Cl)cc2)c2ccc(Cl)cc2)C1. The van der Waals surface area contributed by atoms with E-state index >= 15 is 0 Å². The molecule has 0 spiro atoms. The highest BCUT2D eigenvalue weighted by Crippen LogP contribution is 2.37. The molecule has 1 aliphatic heterocycles. The number of esters is 1. The highest BCUT2D eigenvalue weighted by Gasteiger charge is 2.42. The van der Waals surface area contributed by atoms with E-state index in [-0.39, 0.29) is 37.1 Å². The Bertz CT molecular complexity index is 1900. The third-order valence-corrected chi connectivity index (χ3v) is 10.9. The number of hydrogen-bond acceptors (Lipinski definition) is 8. The van der Waals surface area contributed by atoms with Gasteiger partial charge in [-0.2, -0.15) is 0 Å². The molecule has 4 aromatic rings. The number of likely N-dealkylation sites (tertiary alicyclic amines) is 1. The maximum Gasteiger partial charge on any atom is 0.328 e. The van der Waals surface area contributed by atoms with E-state index in [9.17, 15) is 27.9 Å². The minimum atomic E-state index is -4.05. The second-order valence-corrected chi connectivity index (χ2v) is 15.2. The molecule has 1 atom stereocenters. The van der Waals surface area contributed by atoms with Crippen molar-refractivity contribution in [2.75, 3.05) is 36.3 Å². The summed E-state index contributed by atoms with van der Waals surface area (Å²) in [5.74, 6) is -2.60. The number of hydrogen-bond donors (Lipinski definition) is 3. The largest absolute Gasteiger partial charge is 0.508 e. The summed E-state index contributed by atoms with van der Waals surface area (Å²) in [5.41, 5.74) is 3.02. The lowest BCUT2D eigenvalue weighted by atomic mass is 9.93. The van der Waals surface area contributed by atoms with Gasteiger partial charge >= 0.3 is 5.97 Å². The number of carbonyl (C=O) groups excluding carboxylic acids is 3. The molecule has 274 valence electrons. The van der Waals surface area contributed by atoms with Crippen LogP contribution < -0.4 is 14.9 Å². The first-order valence-electron chi connectivity index (χ1n) is 16.8. The number of amides is 2. The fourth-order valence-electron chi connectivity index (χ4n) is 6.14. The van der Waals surface area contributed by atoms with Gasteiger partial charge in [-0.15, -0.1) is 0 Å². The van der Waals surface area contributed by atoms with E-state index in [0.29, 0.717) is 23.1 Å². The van der Waals surface area contributed by atoms with Crippen molar-refractivity contribution in [3.05, 3.63) is 130 Å². The number of halogens is 2. The van der Waals surface area contributed by atoms with Gasteiger partial charge < -0.3 is 20.5 Å². The van der Waals surface area contributed by atoms with Crippen molar-refractivity contribution < 1.29 is 32.6 Å². The molecule has 1 unspecified atom stereocenters. The Balaban J connectivity index is 1.24. The minimum Gasteiger partial charge on any atom is -0.508 e. The number of aromatic hydroxyl groups is 1. The summed E-state index contributed by atoms with van der Waals surface area (Å²) < 4.78 is 34.3. The van der Waals surface area contributed by atoms with Crippen molar-refractivity contribution >= 4 is 56.7 Å². The lowest BCUT2D eigenvalue weighted by Gasteiger charge is -2.49. The molecule has 0 aromatic heterocycles. The number of carbonyl (C=O) groups is 3. The maximum absolute atomic E-state index is 13.9. The Morgan fingerprint density at radius 3 is 2.08 bits per heavy atom. The van der Waals surface area contributed by atoms with Crippen LogP contribution in [0.25, 0.3) is 0 Å². The number of phenolic OH excluding ortho intramolecular Hbond substituents is 1. The van der Waals surface area contributed by atoms with Gasteiger partial charge in [-0.3, -0.25) is 18.8 Å². The second-order valence-electron chi connectivity index (χ2n) is 12.3. The van der Waals surface area contributed by atoms with E-state index < -0.39 is 52.1 Å². The number of nitrogens with zero attached hydrogens (tertiary/aromatic N) is 2. The zero-order chi connectivity index (χ0) is 37.3. The molecule has 1 saturated heterocycles. The summed E-state index contributed by atoms with van der Waals surface area (Å²) in [6, 6.07) is 28.3. The van der Waals surface area contributed by atoms with Crippen LogP contribution in [0.4, 0.5) is 5.69 Å². The third kappa shape index (κ3) is 10.3. The van der Waals surface area contributed by atoms with Crippen LogP contribution >= 0.6 is 23.2 Å². The van der Waals surface area contributed by atoms with Crippen LogP contribution in [0.2, 0.25) is 10.0 Å². The fourth-order valence-corrected chi connectivity index (χ4v) is 7.97. The molecule has 14 heteroatoms. The van der Waals surface area contributed by atoms with Crippen LogP contribution in [0.3, 0.4) is 0 Å². The molecule has 1 heterocycles. The highest BCUT2D eigenvalue weighted by molar-refractivity contribution is 7.92. The zero-order valence-electron chi connectivity index (χ0n) is 28.5. The minimum absolute atomic E-state index is 0.0956. The Morgan fingerprint density at radius 2 is 1.50 bits per heavy atom. The monoisotopic (exact) mass is 766 g/mol. The van der Waals surface area contributed by atoms with Gasteiger partial charge in [-0.05, 0) is 60.0 Å². The molecular formula is C38H40Cl2N4O7S. The van der Waals surface area contributed by atoms with Crippen molar-refractivity contribution in [1.29, 1.82) is 0 Å². The topological polar surface area (TPSA) is 145 Å². The lowest BCUT2D eigenvalue weighted by molar-refractivity contribution is -0.147. The summed E-state index contributed by atoms with van der Waals surface area (Å²) in [6.45, 7) is 2.23. The van der Waals surface area contributed by atoms with Crippen LogP contribution in [0.5, 0.6) is 5.75 Å². The smallest absolute Gasteiger partial charge is 0.328 e. The molecule has 5 rings (SSSR count). The van der Waals surface area contributed by atoms with Crippen LogP contribution in [-0.4, -0.2) is 80.3 Å². The second kappa shape index (κ2) is 17.7. The molecule has 11 nitrogen and oxygen atoms in total. The van der Waals surface area contributed by atoms with Gasteiger partial charge in [0.05, 0.1) is 30.1 Å². The molecule has 2 amide bonds. The van der Waals surface area contributed by atoms with E-state index in [4.69, 9.17) is 27.9 Å². The van der Waals surface area contributed by atoms with Crippen LogP contribution in [0, 0.1) is 0 Å². The van der Waals surface area contributed by atoms with Gasteiger partial charge in [0.25, 0.3) is 0 Å². The van der Waals surface area contributed by atoms with Crippen molar-refractivity contribution in [1.82, 2.24) is 15.5 Å². The van der Waals surface area contributed by atoms with Gasteiger partial charge in [0.2, 0.25) is 21.8 Å². The van der Waals surface area contributed by atoms with Crippen LogP contribution in [0.15, 0.2) is 103 Å². The molecule has 0 radical (unpaired) electrons. The van der Waals surface area contributed by atoms with E-state index in [1.807, 2.05) is 78.9 Å². The van der Waals surface area contributed by atoms with Crippen molar-refractivity contribution in [2.45, 2.75) is 37.9 Å². The molecular weight excluding hydrogens is 727 g/mol. The predicted molar refractivity (Wildman–Crippen MR) is 201 cm³/mol. The molecule has 4 aromatic carbocycles. The summed E-state index contributed by atoms with van der Waals surface area (Å²) in [6.07, 6.45) is -0.440. The fraction of sp³-hybridized carbons (Fsp3) is 0.289. The number of anilines is 1. The van der Waals surface area contributed by atoms with Crippen LogP contribution in [0.1, 0.15) is 36.1 Å². The average Bonchev–Trinajstić information content (AvgIpc) is 3.08. The average molecular weight is 768 g/mol. The van der Waals surface area contributed by atoms with Gasteiger partial charge in [-0.25, -0.2) is 13.2 Å². The summed E-state index contributed by atoms with van der Waals surface area (Å²) >= 11 is 12.3. The molecule has 0 saturated carbocycles. The molecule has 52 heavy (non-hydrogen) atoms. The van der Waals surface area contributed by atoms with Crippen molar-refractivity contribution in [2.24, 2.45) is 0 Å². The molecule has 1 fully saturated rings. The first-order valence-corrected chi connectivity index (χ1v) is 19.1. The molecule has 3 N–H and O–H groups in total. The summed E-state index contributed by atoms with van der Waals surface area (Å²) in [4.78, 5) is 40.2. The van der Waals surface area contributed by atoms with Crippen LogP contribution in [-0.2, 0) is 35.6 Å². The summed E-state index contributed by atoms with van der Waals surface area (Å²) in [7, 11) is -4.05. The number of ether oxygens (including phenoxy) is 1. The van der Waals surface area contributed by atoms with Crippen molar-refractivity contribution in [3.63, 3.8) is 0 Å². The highest BCUT2D eigenvalue weighted by atomic mass is 35.5. The third-order valence-electron chi connectivity index (χ3n) is 8.53. The lowest BCUT2D eigenvalue weighted by Crippen LogP contribution is -2.62. The maximum atomic E-state index is 13.9. The molecule has 0 bridgehead atoms. The normalized spacial score (nSPS) is 13.9. The number of rotatable bonds is 16. The van der Waals surface area contributed by atoms with Gasteiger partial charge in [0.1, 0.15) is 18.2 Å². The van der Waals surface area contributed by atoms with Gasteiger partial charge in [-0.1, -0.05) is 83.9 Å². The van der Waals surface area contributed by atoms with Crippen molar-refractivity contribution in [3.8, 4) is 5.75 Å². The van der Waals surface area contributed by atoms with E-state index in [2.05, 4.69) is 15.5 Å². The Morgan fingerprint density at radius 1 is 0.885 bits per heavy atom. The quantitative estimate of drug-likeness (QED) is 0.106. The Labute approximate surface area is 313 Å². The number of phenols is 1. The standard InChI is InChI=1S/C38H40Cl2N4O7S/c1-2-51-38(48)34(21-26-7-4-3-5-8-26)42-36(47)23-35(46)41-19-20-52(49,50)44(31-9-6-10-33(45)22-31)32-24-43(25-32)37(27-11-15-29(39)16-12-27)28-13-17-30(40)18-14-28/h3-18,22,32,34,37,45H,2,19-21,23-25H2,1H3,(H,41,46)(H,42,47). The zero-order valence-corrected chi connectivity index (χ0v) is 30.8.